The van der Waals surface area contributed by atoms with Crippen molar-refractivity contribution in [3.05, 3.63) is 27.1 Å². The highest BCUT2D eigenvalue weighted by molar-refractivity contribution is 7.14. The van der Waals surface area contributed by atoms with Gasteiger partial charge in [-0.2, -0.15) is 4.98 Å². The molecule has 136 valence electrons. The Bertz CT molecular complexity index is 916. The normalized spacial score (nSPS) is 21.0. The number of hydrogen-bond acceptors (Lipinski definition) is 8. The lowest BCUT2D eigenvalue weighted by molar-refractivity contribution is 0.0647. The van der Waals surface area contributed by atoms with Crippen LogP contribution in [0.3, 0.4) is 0 Å². The highest BCUT2D eigenvalue weighted by Gasteiger charge is 2.31. The molecule has 2 aliphatic rings. The number of hydrogen-bond donors (Lipinski definition) is 0. The summed E-state index contributed by atoms with van der Waals surface area (Å²) in [4.78, 5) is 8.76. The first kappa shape index (κ1) is 16.3. The first-order valence-electron chi connectivity index (χ1n) is 8.73. The quantitative estimate of drug-likeness (QED) is 0.676. The minimum Gasteiger partial charge on any atom is -0.381 e. The van der Waals surface area contributed by atoms with Gasteiger partial charge in [-0.1, -0.05) is 22.0 Å². The molecule has 3 aromatic heterocycles. The number of ether oxygens (including phenoxy) is 1. The Hall–Kier alpha value is -1.84. The van der Waals surface area contributed by atoms with E-state index in [1.54, 1.807) is 5.51 Å². The van der Waals surface area contributed by atoms with E-state index >= 15 is 0 Å². The molecule has 1 fully saturated rings. The molecule has 0 radical (unpaired) electrons. The van der Waals surface area contributed by atoms with E-state index in [0.717, 1.165) is 51.0 Å². The van der Waals surface area contributed by atoms with Gasteiger partial charge >= 0.3 is 0 Å². The Kier molecular flexibility index (Phi) is 4.22. The predicted octanol–water partition coefficient (Wildman–Crippen LogP) is 3.06. The Balaban J connectivity index is 1.40. The zero-order chi connectivity index (χ0) is 17.5. The molecular formula is C16H17ClN6O2S. The third kappa shape index (κ3) is 2.83. The van der Waals surface area contributed by atoms with Gasteiger partial charge in [-0.3, -0.25) is 0 Å². The molecule has 10 heteroatoms. The van der Waals surface area contributed by atoms with E-state index < -0.39 is 0 Å². The molecule has 0 aromatic carbocycles. The van der Waals surface area contributed by atoms with Crippen LogP contribution in [0.5, 0.6) is 0 Å². The largest absolute Gasteiger partial charge is 0.381 e. The smallest absolute Gasteiger partial charge is 0.230 e. The summed E-state index contributed by atoms with van der Waals surface area (Å²) < 4.78 is 13.7. The lowest BCUT2D eigenvalue weighted by Gasteiger charge is -2.26. The fourth-order valence-electron chi connectivity index (χ4n) is 3.71. The van der Waals surface area contributed by atoms with Crippen molar-refractivity contribution in [1.82, 2.24) is 30.1 Å². The van der Waals surface area contributed by atoms with Gasteiger partial charge in [0.25, 0.3) is 0 Å². The van der Waals surface area contributed by atoms with Crippen molar-refractivity contribution >= 4 is 22.9 Å². The van der Waals surface area contributed by atoms with Gasteiger partial charge in [0.2, 0.25) is 11.7 Å². The van der Waals surface area contributed by atoms with E-state index in [2.05, 4.69) is 30.1 Å². The summed E-state index contributed by atoms with van der Waals surface area (Å²) in [7, 11) is 0. The number of halogens is 1. The zero-order valence-corrected chi connectivity index (χ0v) is 15.5. The fraction of sp³-hybridized carbons (Fsp3) is 0.562. The zero-order valence-electron chi connectivity index (χ0n) is 14.0. The number of fused-ring (bicyclic) bond motifs is 1. The fourth-order valence-corrected chi connectivity index (χ4v) is 4.47. The molecular weight excluding hydrogens is 376 g/mol. The van der Waals surface area contributed by atoms with Crippen LogP contribution in [0, 0.1) is 0 Å². The van der Waals surface area contributed by atoms with Crippen LogP contribution in [0.15, 0.2) is 10.0 Å². The second-order valence-corrected chi connectivity index (χ2v) is 8.10. The van der Waals surface area contributed by atoms with Gasteiger partial charge in [0.15, 0.2) is 0 Å². The minimum atomic E-state index is 0.165. The van der Waals surface area contributed by atoms with Gasteiger partial charge in [-0.05, 0) is 25.7 Å². The second kappa shape index (κ2) is 6.71. The predicted molar refractivity (Wildman–Crippen MR) is 94.3 cm³/mol. The Morgan fingerprint density at radius 3 is 2.92 bits per heavy atom. The minimum absolute atomic E-state index is 0.165. The summed E-state index contributed by atoms with van der Waals surface area (Å²) in [5, 5.41) is 12.9. The van der Waals surface area contributed by atoms with Crippen molar-refractivity contribution < 1.29 is 9.26 Å². The number of rotatable bonds is 3. The molecule has 4 heterocycles. The van der Waals surface area contributed by atoms with Crippen LogP contribution in [-0.2, 0) is 17.6 Å². The van der Waals surface area contributed by atoms with Gasteiger partial charge in [0, 0.05) is 25.6 Å². The molecule has 1 aliphatic carbocycles. The average molecular weight is 393 g/mol. The molecule has 3 aromatic rings. The average Bonchev–Trinajstić information content (AvgIpc) is 3.40. The summed E-state index contributed by atoms with van der Waals surface area (Å²) in [6.45, 7) is 1.56. The standard InChI is InChI=1S/C16H17ClN6O2S/c17-14-13(18-8-26-14)15-19-16(25-21-15)9-1-2-11-12(7-9)23(22-20-11)10-3-5-24-6-4-10/h8-10H,1-7H2. The van der Waals surface area contributed by atoms with Crippen LogP contribution in [0.4, 0.5) is 0 Å². The van der Waals surface area contributed by atoms with E-state index in [-0.39, 0.29) is 5.92 Å². The molecule has 1 aliphatic heterocycles. The molecule has 8 nitrogen and oxygen atoms in total. The number of nitrogens with zero attached hydrogens (tertiary/aromatic N) is 6. The van der Waals surface area contributed by atoms with E-state index in [0.29, 0.717) is 27.8 Å². The van der Waals surface area contributed by atoms with Gasteiger partial charge in [-0.15, -0.1) is 16.4 Å². The Labute approximate surface area is 158 Å². The third-order valence-electron chi connectivity index (χ3n) is 5.10. The highest BCUT2D eigenvalue weighted by Crippen LogP contribution is 2.35. The van der Waals surface area contributed by atoms with Crippen molar-refractivity contribution in [2.75, 3.05) is 13.2 Å². The number of aryl methyl sites for hydroxylation is 1. The van der Waals surface area contributed by atoms with E-state index in [1.807, 2.05) is 0 Å². The van der Waals surface area contributed by atoms with Crippen molar-refractivity contribution in [2.24, 2.45) is 0 Å². The van der Waals surface area contributed by atoms with Crippen LogP contribution in [0.1, 0.15) is 48.5 Å². The van der Waals surface area contributed by atoms with Gasteiger partial charge in [-0.25, -0.2) is 9.67 Å². The van der Waals surface area contributed by atoms with Crippen LogP contribution in [0.2, 0.25) is 4.34 Å². The van der Waals surface area contributed by atoms with Crippen molar-refractivity contribution in [2.45, 2.75) is 44.1 Å². The van der Waals surface area contributed by atoms with Crippen LogP contribution in [0.25, 0.3) is 11.5 Å². The second-order valence-electron chi connectivity index (χ2n) is 6.64. The third-order valence-corrected chi connectivity index (χ3v) is 6.16. The lowest BCUT2D eigenvalue weighted by atomic mass is 9.89. The highest BCUT2D eigenvalue weighted by atomic mass is 35.5. The van der Waals surface area contributed by atoms with Gasteiger partial charge < -0.3 is 9.26 Å². The topological polar surface area (TPSA) is 91.8 Å². The van der Waals surface area contributed by atoms with Gasteiger partial charge in [0.1, 0.15) is 10.0 Å². The lowest BCUT2D eigenvalue weighted by Crippen LogP contribution is -2.24. The summed E-state index contributed by atoms with van der Waals surface area (Å²) in [6, 6.07) is 0.366. The van der Waals surface area contributed by atoms with Crippen LogP contribution in [-0.4, -0.2) is 43.3 Å². The SMILES string of the molecule is Clc1scnc1-c1noc(C2CCc3nnn(C4CCOCC4)c3C2)n1. The van der Waals surface area contributed by atoms with Crippen molar-refractivity contribution in [3.8, 4) is 11.5 Å². The van der Waals surface area contributed by atoms with E-state index in [9.17, 15) is 0 Å². The monoisotopic (exact) mass is 392 g/mol. The molecule has 1 atom stereocenters. The Morgan fingerprint density at radius 2 is 2.12 bits per heavy atom. The summed E-state index contributed by atoms with van der Waals surface area (Å²) in [5.41, 5.74) is 4.55. The molecule has 1 unspecified atom stereocenters. The molecule has 0 amide bonds. The molecule has 0 N–H and O–H groups in total. The number of aromatic nitrogens is 6. The first-order valence-corrected chi connectivity index (χ1v) is 9.99. The van der Waals surface area contributed by atoms with Crippen molar-refractivity contribution in [1.29, 1.82) is 0 Å². The van der Waals surface area contributed by atoms with Crippen LogP contribution < -0.4 is 0 Å². The number of thiazole rings is 1. The van der Waals surface area contributed by atoms with Gasteiger partial charge in [0.05, 0.1) is 22.9 Å². The maximum Gasteiger partial charge on any atom is 0.230 e. The summed E-state index contributed by atoms with van der Waals surface area (Å²) in [6.07, 6.45) is 4.57. The molecule has 0 saturated carbocycles. The van der Waals surface area contributed by atoms with E-state index in [4.69, 9.17) is 20.9 Å². The molecule has 0 bridgehead atoms. The molecule has 0 spiro atoms. The maximum absolute atomic E-state index is 6.13. The van der Waals surface area contributed by atoms with Crippen molar-refractivity contribution in [3.63, 3.8) is 0 Å². The van der Waals surface area contributed by atoms with Crippen LogP contribution >= 0.6 is 22.9 Å². The first-order chi connectivity index (χ1) is 12.8. The maximum atomic E-state index is 6.13. The summed E-state index contributed by atoms with van der Waals surface area (Å²) >= 11 is 7.49. The molecule has 1 saturated heterocycles. The molecule has 5 rings (SSSR count). The Morgan fingerprint density at radius 1 is 1.23 bits per heavy atom. The molecule has 26 heavy (non-hydrogen) atoms. The van der Waals surface area contributed by atoms with E-state index in [1.165, 1.54) is 17.0 Å². The summed E-state index contributed by atoms with van der Waals surface area (Å²) in [5.74, 6) is 1.25.